The maximum atomic E-state index is 13.7. The number of carbonyl (C=O) groups excluding carboxylic acids is 3. The van der Waals surface area contributed by atoms with E-state index in [-0.39, 0.29) is 36.0 Å². The van der Waals surface area contributed by atoms with Crippen molar-refractivity contribution < 1.29 is 28.6 Å². The fraction of sp³-hybridized carbons (Fsp3) is 0.167. The number of anilines is 1. The Kier molecular flexibility index (Phi) is 8.88. The van der Waals surface area contributed by atoms with Crippen LogP contribution in [-0.2, 0) is 20.9 Å². The number of carbonyl (C=O) groups is 3. The van der Waals surface area contributed by atoms with Gasteiger partial charge in [0.1, 0.15) is 18.1 Å². The number of halogens is 1. The number of azo groups is 1. The Morgan fingerprint density at radius 3 is 2.46 bits per heavy atom. The van der Waals surface area contributed by atoms with Crippen molar-refractivity contribution in [3.8, 4) is 5.88 Å². The summed E-state index contributed by atoms with van der Waals surface area (Å²) in [6.07, 6.45) is 1.42. The zero-order chi connectivity index (χ0) is 29.5. The molecule has 0 bridgehead atoms. The average molecular weight is 558 g/mol. The molecule has 10 nitrogen and oxygen atoms in total. The lowest BCUT2D eigenvalue weighted by atomic mass is 10.1. The number of aromatic nitrogens is 1. The molecule has 0 saturated carbocycles. The van der Waals surface area contributed by atoms with Crippen LogP contribution >= 0.6 is 0 Å². The van der Waals surface area contributed by atoms with Gasteiger partial charge in [-0.3, -0.25) is 19.0 Å². The van der Waals surface area contributed by atoms with Crippen LogP contribution in [0.2, 0.25) is 0 Å². The second-order valence-electron chi connectivity index (χ2n) is 9.09. The highest BCUT2D eigenvalue weighted by Gasteiger charge is 2.20. The monoisotopic (exact) mass is 557 g/mol. The Labute approximate surface area is 235 Å². The molecule has 0 fully saturated rings. The number of hydrogen-bond acceptors (Lipinski definition) is 7. The van der Waals surface area contributed by atoms with Gasteiger partial charge >= 0.3 is 11.9 Å². The smallest absolute Gasteiger partial charge is 0.326 e. The van der Waals surface area contributed by atoms with E-state index in [9.17, 15) is 23.9 Å². The Morgan fingerprint density at radius 2 is 1.78 bits per heavy atom. The second-order valence-corrected chi connectivity index (χ2v) is 9.09. The third-order valence-corrected chi connectivity index (χ3v) is 6.04. The molecule has 2 N–H and O–H groups in total. The number of esters is 1. The van der Waals surface area contributed by atoms with Gasteiger partial charge in [-0.25, -0.2) is 4.39 Å². The Bertz CT molecular complexity index is 1660. The highest BCUT2D eigenvalue weighted by molar-refractivity contribution is 6.06. The molecule has 41 heavy (non-hydrogen) atoms. The van der Waals surface area contributed by atoms with Crippen LogP contribution in [-0.4, -0.2) is 48.2 Å². The molecule has 0 aliphatic rings. The van der Waals surface area contributed by atoms with E-state index in [4.69, 9.17) is 4.74 Å². The molecular weight excluding hydrogens is 529 g/mol. The van der Waals surface area contributed by atoms with Crippen LogP contribution in [0.25, 0.3) is 17.0 Å². The molecule has 0 spiro atoms. The Hall–Kier alpha value is -5.32. The molecule has 4 rings (SSSR count). The van der Waals surface area contributed by atoms with Gasteiger partial charge < -0.3 is 20.1 Å². The lowest BCUT2D eigenvalue weighted by molar-refractivity contribution is -0.143. The molecule has 0 aliphatic carbocycles. The highest BCUT2D eigenvalue weighted by atomic mass is 19.1. The quantitative estimate of drug-likeness (QED) is 0.166. The van der Waals surface area contributed by atoms with Gasteiger partial charge in [-0.05, 0) is 55.0 Å². The van der Waals surface area contributed by atoms with E-state index in [1.165, 1.54) is 28.8 Å². The lowest BCUT2D eigenvalue weighted by Crippen LogP contribution is -2.26. The van der Waals surface area contributed by atoms with Crippen LogP contribution in [0.4, 0.5) is 15.8 Å². The molecule has 3 aromatic carbocycles. The molecule has 1 aromatic heterocycles. The van der Waals surface area contributed by atoms with Gasteiger partial charge in [0.05, 0.1) is 12.1 Å². The standard InChI is InChI=1S/C30H28FN5O5/c1-4-41-26(37)18-36-25-11-6-5-10-23(25)27(30(36)40)33-34-29(39)24(16-19-12-14-22(15-13-19)35(2)3)32-28(38)20-8-7-9-21(31)17-20/h5-17,40H,4,18H2,1-3H3,(H,32,38). The number of hydrogen-bond donors (Lipinski definition) is 2. The molecule has 11 heteroatoms. The maximum Gasteiger partial charge on any atom is 0.326 e. The predicted molar refractivity (Wildman–Crippen MR) is 152 cm³/mol. The van der Waals surface area contributed by atoms with E-state index < -0.39 is 23.6 Å². The third kappa shape index (κ3) is 6.82. The van der Waals surface area contributed by atoms with Crippen LogP contribution in [0.15, 0.2) is 88.7 Å². The van der Waals surface area contributed by atoms with Gasteiger partial charge in [-0.2, -0.15) is 0 Å². The number of para-hydroxylation sites is 1. The molecule has 1 heterocycles. The SMILES string of the molecule is CCOC(=O)Cn1c(O)c(N=NC(=O)C(=Cc2ccc(N(C)C)cc2)NC(=O)c2cccc(F)c2)c2ccccc21. The Balaban J connectivity index is 1.69. The van der Waals surface area contributed by atoms with Gasteiger partial charge in [-0.1, -0.05) is 36.4 Å². The summed E-state index contributed by atoms with van der Waals surface area (Å²) in [7, 11) is 3.77. The van der Waals surface area contributed by atoms with Crippen molar-refractivity contribution in [2.24, 2.45) is 10.2 Å². The van der Waals surface area contributed by atoms with E-state index in [1.807, 2.05) is 31.1 Å². The normalized spacial score (nSPS) is 11.6. The van der Waals surface area contributed by atoms with Crippen LogP contribution in [0.5, 0.6) is 5.88 Å². The fourth-order valence-corrected chi connectivity index (χ4v) is 4.03. The number of nitrogens with zero attached hydrogens (tertiary/aromatic N) is 4. The summed E-state index contributed by atoms with van der Waals surface area (Å²) >= 11 is 0. The summed E-state index contributed by atoms with van der Waals surface area (Å²) in [6, 6.07) is 19.0. The first-order chi connectivity index (χ1) is 19.7. The first-order valence-corrected chi connectivity index (χ1v) is 12.7. The minimum Gasteiger partial charge on any atom is -0.493 e. The summed E-state index contributed by atoms with van der Waals surface area (Å²) in [5.41, 5.74) is 1.73. The van der Waals surface area contributed by atoms with Crippen molar-refractivity contribution in [1.82, 2.24) is 9.88 Å². The van der Waals surface area contributed by atoms with Crippen molar-refractivity contribution >= 4 is 46.1 Å². The molecule has 0 unspecified atom stereocenters. The van der Waals surface area contributed by atoms with Gasteiger partial charge in [0, 0.05) is 30.7 Å². The van der Waals surface area contributed by atoms with E-state index >= 15 is 0 Å². The van der Waals surface area contributed by atoms with Crippen LogP contribution in [0.1, 0.15) is 22.8 Å². The second kappa shape index (κ2) is 12.7. The molecule has 4 aromatic rings. The molecule has 0 atom stereocenters. The minimum absolute atomic E-state index is 0.00303. The first-order valence-electron chi connectivity index (χ1n) is 12.7. The van der Waals surface area contributed by atoms with Crippen molar-refractivity contribution in [3.63, 3.8) is 0 Å². The fourth-order valence-electron chi connectivity index (χ4n) is 4.03. The number of rotatable bonds is 9. The number of nitrogens with one attached hydrogen (secondary N) is 1. The molecule has 210 valence electrons. The summed E-state index contributed by atoms with van der Waals surface area (Å²) in [5.74, 6) is -3.20. The topological polar surface area (TPSA) is 126 Å². The summed E-state index contributed by atoms with van der Waals surface area (Å²) in [4.78, 5) is 40.1. The highest BCUT2D eigenvalue weighted by Crippen LogP contribution is 2.38. The Morgan fingerprint density at radius 1 is 1.05 bits per heavy atom. The number of benzene rings is 3. The predicted octanol–water partition coefficient (Wildman–Crippen LogP) is 5.20. The average Bonchev–Trinajstić information content (AvgIpc) is 3.21. The number of amides is 2. The summed E-state index contributed by atoms with van der Waals surface area (Å²) < 4.78 is 20.0. The van der Waals surface area contributed by atoms with E-state index in [0.717, 1.165) is 11.8 Å². The first kappa shape index (κ1) is 28.7. The van der Waals surface area contributed by atoms with Crippen LogP contribution in [0, 0.1) is 5.82 Å². The van der Waals surface area contributed by atoms with Crippen molar-refractivity contribution in [1.29, 1.82) is 0 Å². The third-order valence-electron chi connectivity index (χ3n) is 6.04. The van der Waals surface area contributed by atoms with Crippen molar-refractivity contribution in [2.45, 2.75) is 13.5 Å². The number of ether oxygens (including phenoxy) is 1. The maximum absolute atomic E-state index is 13.7. The molecule has 0 saturated heterocycles. The molecule has 0 aliphatic heterocycles. The van der Waals surface area contributed by atoms with E-state index in [2.05, 4.69) is 15.5 Å². The minimum atomic E-state index is -0.923. The number of fused-ring (bicyclic) bond motifs is 1. The van der Waals surface area contributed by atoms with E-state index in [1.54, 1.807) is 43.3 Å². The molecular formula is C30H28FN5O5. The molecule has 0 radical (unpaired) electrons. The summed E-state index contributed by atoms with van der Waals surface area (Å²) in [5, 5.41) is 21.6. The lowest BCUT2D eigenvalue weighted by Gasteiger charge is -2.12. The van der Waals surface area contributed by atoms with Gasteiger partial charge in [0.25, 0.3) is 5.91 Å². The van der Waals surface area contributed by atoms with Crippen molar-refractivity contribution in [2.75, 3.05) is 25.6 Å². The zero-order valence-corrected chi connectivity index (χ0v) is 22.7. The molecule has 2 amide bonds. The van der Waals surface area contributed by atoms with Crippen LogP contribution < -0.4 is 10.2 Å². The zero-order valence-electron chi connectivity index (χ0n) is 22.7. The summed E-state index contributed by atoms with van der Waals surface area (Å²) in [6.45, 7) is 1.57. The van der Waals surface area contributed by atoms with Gasteiger partial charge in [-0.15, -0.1) is 10.2 Å². The largest absolute Gasteiger partial charge is 0.493 e. The van der Waals surface area contributed by atoms with Gasteiger partial charge in [0.15, 0.2) is 5.69 Å². The number of aromatic hydroxyl groups is 1. The van der Waals surface area contributed by atoms with Gasteiger partial charge in [0.2, 0.25) is 5.88 Å². The van der Waals surface area contributed by atoms with E-state index in [0.29, 0.717) is 16.5 Å². The van der Waals surface area contributed by atoms with Crippen LogP contribution in [0.3, 0.4) is 0 Å². The van der Waals surface area contributed by atoms with Crippen molar-refractivity contribution in [3.05, 3.63) is 95.4 Å².